The molecule has 0 spiro atoms. The van der Waals surface area contributed by atoms with Crippen molar-refractivity contribution in [2.75, 3.05) is 4.72 Å². The van der Waals surface area contributed by atoms with Crippen molar-refractivity contribution in [2.45, 2.75) is 25.9 Å². The predicted molar refractivity (Wildman–Crippen MR) is 87.5 cm³/mol. The van der Waals surface area contributed by atoms with Gasteiger partial charge in [-0.25, -0.2) is 9.50 Å². The Morgan fingerprint density at radius 2 is 1.92 bits per heavy atom. The first-order chi connectivity index (χ1) is 11.3. The highest BCUT2D eigenvalue weighted by molar-refractivity contribution is 7.92. The molecule has 3 rings (SSSR count). The summed E-state index contributed by atoms with van der Waals surface area (Å²) >= 11 is 0. The molecule has 0 aliphatic heterocycles. The molecule has 0 fully saturated rings. The van der Waals surface area contributed by atoms with Gasteiger partial charge in [0, 0.05) is 17.5 Å². The highest BCUT2D eigenvalue weighted by Gasteiger charge is 2.24. The Morgan fingerprint density at radius 1 is 1.17 bits per heavy atom. The molecule has 8 nitrogen and oxygen atoms in total. The summed E-state index contributed by atoms with van der Waals surface area (Å²) in [6, 6.07) is 6.67. The van der Waals surface area contributed by atoms with Crippen molar-refractivity contribution >= 4 is 27.3 Å². The zero-order valence-electron chi connectivity index (χ0n) is 13.3. The van der Waals surface area contributed by atoms with E-state index >= 15 is 0 Å². The minimum atomic E-state index is -4.05. The number of rotatable bonds is 4. The number of carbonyl (C=O) groups excluding carboxylic acids is 1. The molecule has 0 aliphatic carbocycles. The Balaban J connectivity index is 2.07. The van der Waals surface area contributed by atoms with Crippen LogP contribution in [0.4, 0.5) is 5.69 Å². The number of hydrogen-bond acceptors (Lipinski definition) is 6. The number of benzene rings is 1. The molecule has 0 aliphatic rings. The summed E-state index contributed by atoms with van der Waals surface area (Å²) in [5.41, 5.74) is 1.85. The average molecular weight is 345 g/mol. The molecule has 1 N–H and O–H groups in total. The van der Waals surface area contributed by atoms with Gasteiger partial charge in [-0.1, -0.05) is 12.1 Å². The lowest BCUT2D eigenvalue weighted by molar-refractivity contribution is 0.101. The van der Waals surface area contributed by atoms with E-state index in [-0.39, 0.29) is 22.8 Å². The van der Waals surface area contributed by atoms with Crippen LogP contribution in [-0.4, -0.2) is 33.8 Å². The molecule has 3 aromatic rings. The summed E-state index contributed by atoms with van der Waals surface area (Å²) in [5.74, 6) is -0.0522. The molecule has 0 radical (unpaired) electrons. The van der Waals surface area contributed by atoms with Gasteiger partial charge >= 0.3 is 0 Å². The van der Waals surface area contributed by atoms with Crippen LogP contribution in [0.15, 0.2) is 35.6 Å². The summed E-state index contributed by atoms with van der Waals surface area (Å²) in [6.07, 6.45) is 1.58. The van der Waals surface area contributed by atoms with Crippen LogP contribution in [0.25, 0.3) is 5.78 Å². The molecule has 2 aromatic heterocycles. The maximum absolute atomic E-state index is 12.6. The van der Waals surface area contributed by atoms with Crippen LogP contribution in [0.5, 0.6) is 0 Å². The first-order valence-electron chi connectivity index (χ1n) is 7.11. The number of fused-ring (bicyclic) bond motifs is 1. The fraction of sp³-hybridized carbons (Fsp3) is 0.200. The maximum atomic E-state index is 12.6. The molecule has 24 heavy (non-hydrogen) atoms. The van der Waals surface area contributed by atoms with Crippen LogP contribution in [0.3, 0.4) is 0 Å². The molecule has 124 valence electrons. The van der Waals surface area contributed by atoms with E-state index in [1.807, 2.05) is 0 Å². The molecule has 9 heteroatoms. The van der Waals surface area contributed by atoms with E-state index < -0.39 is 15.2 Å². The van der Waals surface area contributed by atoms with Crippen LogP contribution in [0.1, 0.15) is 28.5 Å². The number of aryl methyl sites for hydroxylation is 2. The highest BCUT2D eigenvalue weighted by atomic mass is 32.2. The zero-order valence-corrected chi connectivity index (χ0v) is 14.1. The number of aromatic nitrogens is 4. The first kappa shape index (κ1) is 16.1. The molecule has 0 atom stereocenters. The molecule has 0 saturated heterocycles. The van der Waals surface area contributed by atoms with Gasteiger partial charge in [0.15, 0.2) is 5.78 Å². The van der Waals surface area contributed by atoms with Gasteiger partial charge in [0.05, 0.1) is 5.69 Å². The fourth-order valence-electron chi connectivity index (χ4n) is 2.24. The molecule has 0 bridgehead atoms. The third-order valence-corrected chi connectivity index (χ3v) is 4.58. The summed E-state index contributed by atoms with van der Waals surface area (Å²) in [5, 5.41) is 3.53. The molecule has 0 amide bonds. The Hall–Kier alpha value is -2.81. The lowest BCUT2D eigenvalue weighted by Gasteiger charge is -2.11. The zero-order chi connectivity index (χ0) is 17.5. The van der Waals surface area contributed by atoms with Gasteiger partial charge in [0.2, 0.25) is 0 Å². The van der Waals surface area contributed by atoms with Gasteiger partial charge in [-0.3, -0.25) is 9.52 Å². The van der Waals surface area contributed by atoms with E-state index in [0.29, 0.717) is 11.3 Å². The van der Waals surface area contributed by atoms with Gasteiger partial charge in [0.25, 0.3) is 21.0 Å². The lowest BCUT2D eigenvalue weighted by atomic mass is 10.1. The number of ketones is 1. The minimum absolute atomic E-state index is 0.187. The van der Waals surface area contributed by atoms with E-state index in [1.54, 1.807) is 44.3 Å². The Labute approximate surface area is 138 Å². The fourth-order valence-corrected chi connectivity index (χ4v) is 3.26. The lowest BCUT2D eigenvalue weighted by Crippen LogP contribution is -2.17. The average Bonchev–Trinajstić information content (AvgIpc) is 2.92. The number of para-hydroxylation sites is 1. The number of nitrogens with zero attached hydrogens (tertiary/aromatic N) is 4. The number of sulfonamides is 1. The number of carbonyl (C=O) groups is 1. The number of nitrogens with one attached hydrogen (secondary N) is 1. The summed E-state index contributed by atoms with van der Waals surface area (Å²) < 4.78 is 28.9. The Bertz CT molecular complexity index is 1060. The number of hydrogen-bond donors (Lipinski definition) is 1. The standard InChI is InChI=1S/C15H15N5O3S/c1-9-5-4-6-12(11(3)21)13(9)19-24(22,23)15-17-14-16-10(2)7-8-20(14)18-15/h4-8,19H,1-3H3. The third-order valence-electron chi connectivity index (χ3n) is 3.46. The van der Waals surface area contributed by atoms with E-state index in [1.165, 1.54) is 11.4 Å². The predicted octanol–water partition coefficient (Wildman–Crippen LogP) is 1.74. The third kappa shape index (κ3) is 2.85. The quantitative estimate of drug-likeness (QED) is 0.722. The van der Waals surface area contributed by atoms with E-state index in [4.69, 9.17) is 0 Å². The monoisotopic (exact) mass is 345 g/mol. The normalized spacial score (nSPS) is 11.6. The van der Waals surface area contributed by atoms with Crippen molar-refractivity contribution in [3.8, 4) is 0 Å². The summed E-state index contributed by atoms with van der Waals surface area (Å²) in [4.78, 5) is 19.8. The van der Waals surface area contributed by atoms with E-state index in [9.17, 15) is 13.2 Å². The van der Waals surface area contributed by atoms with Crippen LogP contribution in [0, 0.1) is 13.8 Å². The van der Waals surface area contributed by atoms with E-state index in [2.05, 4.69) is 19.8 Å². The smallest absolute Gasteiger partial charge is 0.294 e. The van der Waals surface area contributed by atoms with Crippen molar-refractivity contribution in [3.05, 3.63) is 47.3 Å². The second-order valence-corrected chi connectivity index (χ2v) is 6.94. The molecule has 0 saturated carbocycles. The SMILES string of the molecule is CC(=O)c1cccc(C)c1NS(=O)(=O)c1nc2nc(C)ccn2n1. The van der Waals surface area contributed by atoms with Crippen LogP contribution in [-0.2, 0) is 10.0 Å². The molecular formula is C15H15N5O3S. The number of anilines is 1. The van der Waals surface area contributed by atoms with Gasteiger partial charge in [0.1, 0.15) is 0 Å². The maximum Gasteiger partial charge on any atom is 0.299 e. The highest BCUT2D eigenvalue weighted by Crippen LogP contribution is 2.23. The molecule has 2 heterocycles. The second-order valence-electron chi connectivity index (χ2n) is 5.37. The van der Waals surface area contributed by atoms with E-state index in [0.717, 1.165) is 0 Å². The molecule has 1 aromatic carbocycles. The van der Waals surface area contributed by atoms with Gasteiger partial charge in [-0.2, -0.15) is 13.4 Å². The summed E-state index contributed by atoms with van der Waals surface area (Å²) in [6.45, 7) is 4.86. The van der Waals surface area contributed by atoms with Crippen molar-refractivity contribution in [2.24, 2.45) is 0 Å². The molecule has 0 unspecified atom stereocenters. The van der Waals surface area contributed by atoms with Crippen molar-refractivity contribution in [1.29, 1.82) is 0 Å². The first-order valence-corrected chi connectivity index (χ1v) is 8.59. The molecular weight excluding hydrogens is 330 g/mol. The van der Waals surface area contributed by atoms with Crippen molar-refractivity contribution in [1.82, 2.24) is 19.6 Å². The second kappa shape index (κ2) is 5.68. The van der Waals surface area contributed by atoms with Crippen LogP contribution >= 0.6 is 0 Å². The van der Waals surface area contributed by atoms with Gasteiger partial charge in [-0.05, 0) is 38.5 Å². The van der Waals surface area contributed by atoms with Crippen LogP contribution in [0.2, 0.25) is 0 Å². The largest absolute Gasteiger partial charge is 0.299 e. The van der Waals surface area contributed by atoms with Crippen LogP contribution < -0.4 is 4.72 Å². The Morgan fingerprint density at radius 3 is 2.62 bits per heavy atom. The van der Waals surface area contributed by atoms with Crippen molar-refractivity contribution in [3.63, 3.8) is 0 Å². The number of Topliss-reactive ketones (excluding diaryl/α,β-unsaturated/α-hetero) is 1. The topological polar surface area (TPSA) is 106 Å². The minimum Gasteiger partial charge on any atom is -0.294 e. The van der Waals surface area contributed by atoms with Crippen molar-refractivity contribution < 1.29 is 13.2 Å². The summed E-state index contributed by atoms with van der Waals surface area (Å²) in [7, 11) is -4.05. The Kier molecular flexibility index (Phi) is 3.80. The van der Waals surface area contributed by atoms with Gasteiger partial charge < -0.3 is 0 Å². The van der Waals surface area contributed by atoms with Gasteiger partial charge in [-0.15, -0.1) is 5.10 Å².